The van der Waals surface area contributed by atoms with E-state index in [1.165, 1.54) is 0 Å². The number of ether oxygens (including phenoxy) is 1. The molecule has 172 valence electrons. The summed E-state index contributed by atoms with van der Waals surface area (Å²) < 4.78 is 6.28. The van der Waals surface area contributed by atoms with Crippen LogP contribution >= 0.6 is 0 Å². The third-order valence-corrected chi connectivity index (χ3v) is 7.41. The molecular weight excluding hydrogens is 400 g/mol. The Labute approximate surface area is 192 Å². The minimum absolute atomic E-state index is 0.157. The molecule has 32 heavy (non-hydrogen) atoms. The molecule has 0 heterocycles. The molecule has 1 aromatic rings. The van der Waals surface area contributed by atoms with E-state index in [4.69, 9.17) is 4.74 Å². The molecule has 2 N–H and O–H groups in total. The largest absolute Gasteiger partial charge is 0.489 e. The molecule has 2 saturated carbocycles. The average molecular weight is 437 g/mol. The summed E-state index contributed by atoms with van der Waals surface area (Å²) in [6, 6.07) is 6.37. The molecule has 2 aliphatic carbocycles. The van der Waals surface area contributed by atoms with Gasteiger partial charge in [-0.1, -0.05) is 51.1 Å². The van der Waals surface area contributed by atoms with Crippen LogP contribution in [0.1, 0.15) is 76.5 Å². The van der Waals surface area contributed by atoms with Gasteiger partial charge in [0.05, 0.1) is 12.0 Å². The lowest BCUT2D eigenvalue weighted by Gasteiger charge is -2.50. The van der Waals surface area contributed by atoms with Gasteiger partial charge in [-0.25, -0.2) is 0 Å². The van der Waals surface area contributed by atoms with Gasteiger partial charge in [-0.15, -0.1) is 0 Å². The summed E-state index contributed by atoms with van der Waals surface area (Å²) in [5.74, 6) is 0.361. The lowest BCUT2D eigenvalue weighted by Crippen LogP contribution is -2.59. The summed E-state index contributed by atoms with van der Waals surface area (Å²) in [5.41, 5.74) is 3.08. The van der Waals surface area contributed by atoms with Gasteiger partial charge >= 0.3 is 5.97 Å². The summed E-state index contributed by atoms with van der Waals surface area (Å²) in [6.07, 6.45) is 8.97. The van der Waals surface area contributed by atoms with E-state index in [0.717, 1.165) is 48.3 Å². The predicted molar refractivity (Wildman–Crippen MR) is 128 cm³/mol. The first kappa shape index (κ1) is 24.1. The number of carbonyl (C=O) groups is 1. The van der Waals surface area contributed by atoms with Crippen LogP contribution in [0, 0.1) is 28.6 Å². The first-order chi connectivity index (χ1) is 15.2. The SMILES string of the molecule is C=Cc1ccc(O[C@H]2CC[C@@H](C)CC2)c(C#N)c1/C=C(\C)CN[C@H]1C[C@@H](C(=O)O)C1(C)C. The Morgan fingerprint density at radius 1 is 1.34 bits per heavy atom. The molecule has 0 bridgehead atoms. The Hall–Kier alpha value is -2.58. The molecular formula is C27H36N2O3. The maximum atomic E-state index is 11.4. The first-order valence-corrected chi connectivity index (χ1v) is 11.7. The molecule has 0 amide bonds. The smallest absolute Gasteiger partial charge is 0.307 e. The second-order valence-corrected chi connectivity index (χ2v) is 10.1. The quantitative estimate of drug-likeness (QED) is 0.550. The third kappa shape index (κ3) is 5.07. The number of hydrogen-bond acceptors (Lipinski definition) is 4. The maximum absolute atomic E-state index is 11.4. The second-order valence-electron chi connectivity index (χ2n) is 10.1. The minimum atomic E-state index is -0.723. The number of carboxylic acid groups (broad SMARTS) is 1. The fourth-order valence-corrected chi connectivity index (χ4v) is 4.96. The maximum Gasteiger partial charge on any atom is 0.307 e. The highest BCUT2D eigenvalue weighted by Crippen LogP contribution is 2.46. The highest BCUT2D eigenvalue weighted by molar-refractivity contribution is 5.74. The lowest BCUT2D eigenvalue weighted by atomic mass is 9.58. The van der Waals surface area contributed by atoms with Gasteiger partial charge in [0.25, 0.3) is 0 Å². The Balaban J connectivity index is 1.75. The number of nitriles is 1. The van der Waals surface area contributed by atoms with Gasteiger partial charge < -0.3 is 15.2 Å². The molecule has 0 saturated heterocycles. The number of benzene rings is 1. The Morgan fingerprint density at radius 3 is 2.59 bits per heavy atom. The molecule has 0 spiro atoms. The van der Waals surface area contributed by atoms with Gasteiger partial charge in [-0.2, -0.15) is 5.26 Å². The number of nitrogens with zero attached hydrogens (tertiary/aromatic N) is 1. The van der Waals surface area contributed by atoms with Crippen LogP contribution in [0.25, 0.3) is 12.2 Å². The minimum Gasteiger partial charge on any atom is -0.489 e. The van der Waals surface area contributed by atoms with Gasteiger partial charge in [0.2, 0.25) is 0 Å². The average Bonchev–Trinajstić information content (AvgIpc) is 2.74. The van der Waals surface area contributed by atoms with E-state index in [-0.39, 0.29) is 23.5 Å². The van der Waals surface area contributed by atoms with Gasteiger partial charge in [0, 0.05) is 18.2 Å². The van der Waals surface area contributed by atoms with Crippen molar-refractivity contribution in [3.63, 3.8) is 0 Å². The predicted octanol–water partition coefficient (Wildman–Crippen LogP) is 5.65. The van der Waals surface area contributed by atoms with Crippen LogP contribution in [0.5, 0.6) is 5.75 Å². The Kier molecular flexibility index (Phi) is 7.46. The van der Waals surface area contributed by atoms with Crippen LogP contribution in [-0.2, 0) is 4.79 Å². The summed E-state index contributed by atoms with van der Waals surface area (Å²) in [7, 11) is 0. The van der Waals surface area contributed by atoms with Crippen molar-refractivity contribution < 1.29 is 14.6 Å². The zero-order valence-electron chi connectivity index (χ0n) is 19.8. The van der Waals surface area contributed by atoms with E-state index in [0.29, 0.717) is 24.3 Å². The number of aliphatic carboxylic acids is 1. The molecule has 2 atom stereocenters. The van der Waals surface area contributed by atoms with Crippen molar-refractivity contribution in [2.45, 2.75) is 71.9 Å². The van der Waals surface area contributed by atoms with Gasteiger partial charge in [-0.3, -0.25) is 4.79 Å². The summed E-state index contributed by atoms with van der Waals surface area (Å²) >= 11 is 0. The third-order valence-electron chi connectivity index (χ3n) is 7.41. The molecule has 0 radical (unpaired) electrons. The summed E-state index contributed by atoms with van der Waals surface area (Å²) in [6.45, 7) is 12.9. The number of rotatable bonds is 8. The molecule has 5 nitrogen and oxygen atoms in total. The van der Waals surface area contributed by atoms with Crippen molar-refractivity contribution in [2.75, 3.05) is 6.54 Å². The number of hydrogen-bond donors (Lipinski definition) is 2. The molecule has 3 rings (SSSR count). The van der Waals surface area contributed by atoms with Gasteiger partial charge in [0.1, 0.15) is 17.4 Å². The van der Waals surface area contributed by atoms with Crippen molar-refractivity contribution in [1.82, 2.24) is 5.32 Å². The van der Waals surface area contributed by atoms with Crippen LogP contribution in [0.15, 0.2) is 24.3 Å². The normalized spacial score (nSPS) is 27.2. The van der Waals surface area contributed by atoms with Gasteiger partial charge in [0.15, 0.2) is 0 Å². The summed E-state index contributed by atoms with van der Waals surface area (Å²) in [4.78, 5) is 11.4. The van der Waals surface area contributed by atoms with Crippen molar-refractivity contribution in [3.05, 3.63) is 41.0 Å². The van der Waals surface area contributed by atoms with E-state index < -0.39 is 5.97 Å². The fourth-order valence-electron chi connectivity index (χ4n) is 4.96. The Morgan fingerprint density at radius 2 is 2.03 bits per heavy atom. The zero-order valence-corrected chi connectivity index (χ0v) is 19.8. The van der Waals surface area contributed by atoms with Crippen LogP contribution in [0.4, 0.5) is 0 Å². The van der Waals surface area contributed by atoms with Crippen molar-refractivity contribution in [2.24, 2.45) is 17.3 Å². The van der Waals surface area contributed by atoms with Gasteiger partial charge in [-0.05, 0) is 62.0 Å². The number of nitrogens with one attached hydrogen (secondary N) is 1. The molecule has 0 unspecified atom stereocenters. The van der Waals surface area contributed by atoms with Crippen LogP contribution in [0.3, 0.4) is 0 Å². The van der Waals surface area contributed by atoms with Crippen LogP contribution in [0.2, 0.25) is 0 Å². The molecule has 5 heteroatoms. The van der Waals surface area contributed by atoms with E-state index in [1.807, 2.05) is 39.0 Å². The second kappa shape index (κ2) is 9.92. The molecule has 2 fully saturated rings. The Bertz CT molecular complexity index is 933. The van der Waals surface area contributed by atoms with Crippen molar-refractivity contribution >= 4 is 18.1 Å². The highest BCUT2D eigenvalue weighted by Gasteiger charge is 2.51. The topological polar surface area (TPSA) is 82.3 Å². The van der Waals surface area contributed by atoms with E-state index in [1.54, 1.807) is 6.08 Å². The van der Waals surface area contributed by atoms with Crippen LogP contribution < -0.4 is 10.1 Å². The fraction of sp³-hybridized carbons (Fsp3) is 0.556. The number of carboxylic acids is 1. The molecule has 2 aliphatic rings. The van der Waals surface area contributed by atoms with Crippen molar-refractivity contribution in [1.29, 1.82) is 5.26 Å². The summed E-state index contributed by atoms with van der Waals surface area (Å²) in [5, 5.41) is 22.8. The zero-order chi connectivity index (χ0) is 23.5. The van der Waals surface area contributed by atoms with E-state index in [9.17, 15) is 15.2 Å². The van der Waals surface area contributed by atoms with Crippen LogP contribution in [-0.4, -0.2) is 29.8 Å². The van der Waals surface area contributed by atoms with E-state index in [2.05, 4.69) is 24.9 Å². The molecule has 0 aliphatic heterocycles. The highest BCUT2D eigenvalue weighted by atomic mass is 16.5. The first-order valence-electron chi connectivity index (χ1n) is 11.7. The monoisotopic (exact) mass is 436 g/mol. The molecule has 0 aromatic heterocycles. The molecule has 1 aromatic carbocycles. The lowest BCUT2D eigenvalue weighted by molar-refractivity contribution is -0.155. The van der Waals surface area contributed by atoms with Crippen molar-refractivity contribution in [3.8, 4) is 11.8 Å². The standard InChI is InChI=1S/C27H36N2O3/c1-6-19-9-12-24(32-20-10-7-17(2)8-11-20)22(15-28)21(19)13-18(3)16-29-25-14-23(26(30)31)27(25,4)5/h6,9,12-13,17,20,23,25,29H,1,7-8,10-11,14,16H2,2-5H3,(H,30,31)/b18-13+/t17-,20+,23-,25-/m0/s1. The van der Waals surface area contributed by atoms with E-state index >= 15 is 0 Å².